The lowest BCUT2D eigenvalue weighted by molar-refractivity contribution is -0.0324. The Morgan fingerprint density at radius 1 is 1.32 bits per heavy atom. The highest BCUT2D eigenvalue weighted by Crippen LogP contribution is 2.46. The largest absolute Gasteiger partial charge is 0.382 e. The van der Waals surface area contributed by atoms with Crippen LogP contribution in [-0.2, 0) is 23.3 Å². The van der Waals surface area contributed by atoms with Crippen molar-refractivity contribution in [1.29, 1.82) is 0 Å². The monoisotopic (exact) mass is 292 g/mol. The van der Waals surface area contributed by atoms with E-state index in [2.05, 4.69) is 0 Å². The van der Waals surface area contributed by atoms with Crippen molar-refractivity contribution in [2.24, 2.45) is 0 Å². The number of methoxy groups -OCH3 is 1. The molecule has 5 atom stereocenters. The maximum absolute atomic E-state index is 11.7. The molecule has 2 radical (unpaired) electrons. The molecule has 1 aliphatic heterocycles. The summed E-state index contributed by atoms with van der Waals surface area (Å²) in [6.07, 6.45) is -0.860. The summed E-state index contributed by atoms with van der Waals surface area (Å²) >= 11 is 0. The summed E-state index contributed by atoms with van der Waals surface area (Å²) in [6, 6.07) is -0.663. The molecule has 2 unspecified atom stereocenters. The molecule has 19 heavy (non-hydrogen) atoms. The van der Waals surface area contributed by atoms with E-state index in [1.165, 1.54) is 0 Å². The van der Waals surface area contributed by atoms with Crippen LogP contribution in [-0.4, -0.2) is 63.5 Å². The molecule has 1 saturated heterocycles. The van der Waals surface area contributed by atoms with Crippen molar-refractivity contribution >= 4 is 15.4 Å². The molecule has 0 spiro atoms. The van der Waals surface area contributed by atoms with Crippen molar-refractivity contribution in [3.8, 4) is 0 Å². The maximum Gasteiger partial charge on any atom is 0.328 e. The molecule has 0 aromatic heterocycles. The van der Waals surface area contributed by atoms with E-state index in [0.29, 0.717) is 19.6 Å². The maximum atomic E-state index is 11.7. The van der Waals surface area contributed by atoms with E-state index in [4.69, 9.17) is 26.6 Å². The van der Waals surface area contributed by atoms with Crippen molar-refractivity contribution in [2.45, 2.75) is 44.6 Å². The van der Waals surface area contributed by atoms with Gasteiger partial charge in [-0.15, -0.1) is 0 Å². The Labute approximate surface area is 115 Å². The van der Waals surface area contributed by atoms with Gasteiger partial charge in [0.25, 0.3) is 0 Å². The highest BCUT2D eigenvalue weighted by molar-refractivity contribution is 7.52. The second-order valence-corrected chi connectivity index (χ2v) is 6.52. The van der Waals surface area contributed by atoms with Gasteiger partial charge >= 0.3 is 7.60 Å². The Bertz CT molecular complexity index is 316. The molecule has 0 aromatic rings. The van der Waals surface area contributed by atoms with Crippen LogP contribution in [0.4, 0.5) is 0 Å². The average molecular weight is 292 g/mol. The lowest BCUT2D eigenvalue weighted by Crippen LogP contribution is -2.38. The summed E-state index contributed by atoms with van der Waals surface area (Å²) < 4.78 is 33.0. The molecule has 1 heterocycles. The van der Waals surface area contributed by atoms with Crippen LogP contribution in [0.1, 0.15) is 20.3 Å². The first-order chi connectivity index (χ1) is 8.95. The smallest absolute Gasteiger partial charge is 0.328 e. The van der Waals surface area contributed by atoms with Crippen LogP contribution in [0.15, 0.2) is 0 Å². The van der Waals surface area contributed by atoms with Gasteiger partial charge in [-0.2, -0.15) is 0 Å². The molecule has 0 saturated carbocycles. The van der Waals surface area contributed by atoms with E-state index >= 15 is 0 Å². The van der Waals surface area contributed by atoms with Crippen molar-refractivity contribution in [1.82, 2.24) is 0 Å². The van der Waals surface area contributed by atoms with Crippen LogP contribution >= 0.6 is 7.60 Å². The summed E-state index contributed by atoms with van der Waals surface area (Å²) in [6.45, 7) is 4.24. The first-order valence-electron chi connectivity index (χ1n) is 6.47. The quantitative estimate of drug-likeness (QED) is 0.407. The molecule has 0 amide bonds. The van der Waals surface area contributed by atoms with Crippen molar-refractivity contribution < 1.29 is 28.2 Å². The van der Waals surface area contributed by atoms with Crippen LogP contribution in [0.5, 0.6) is 0 Å². The molecule has 110 valence electrons. The second kappa shape index (κ2) is 7.77. The van der Waals surface area contributed by atoms with Gasteiger partial charge in [-0.05, 0) is 6.42 Å². The van der Waals surface area contributed by atoms with Gasteiger partial charge in [-0.1, -0.05) is 13.8 Å². The highest BCUT2D eigenvalue weighted by Gasteiger charge is 2.45. The molecular weight excluding hydrogens is 270 g/mol. The molecule has 1 N–H and O–H groups in total. The van der Waals surface area contributed by atoms with Crippen LogP contribution in [0.3, 0.4) is 0 Å². The van der Waals surface area contributed by atoms with Crippen molar-refractivity contribution in [2.75, 3.05) is 26.5 Å². The van der Waals surface area contributed by atoms with Gasteiger partial charge in [-0.25, -0.2) is 0 Å². The summed E-state index contributed by atoms with van der Waals surface area (Å²) in [4.78, 5) is 9.63. The van der Waals surface area contributed by atoms with Crippen LogP contribution in [0, 0.1) is 0 Å². The second-order valence-electron chi connectivity index (χ2n) is 4.40. The van der Waals surface area contributed by atoms with Crippen LogP contribution < -0.4 is 0 Å². The lowest BCUT2D eigenvalue weighted by Gasteiger charge is -2.25. The van der Waals surface area contributed by atoms with E-state index in [1.54, 1.807) is 14.0 Å². The molecule has 0 aliphatic carbocycles. The minimum atomic E-state index is -3.62. The summed E-state index contributed by atoms with van der Waals surface area (Å²) in [5.41, 5.74) is 0. The van der Waals surface area contributed by atoms with E-state index in [1.807, 2.05) is 6.92 Å². The molecule has 0 bridgehead atoms. The van der Waals surface area contributed by atoms with Gasteiger partial charge < -0.3 is 19.1 Å². The van der Waals surface area contributed by atoms with Crippen LogP contribution in [0.2, 0.25) is 0 Å². The predicted molar refractivity (Wildman–Crippen MR) is 71.6 cm³/mol. The van der Waals surface area contributed by atoms with Gasteiger partial charge in [0.1, 0.15) is 20.1 Å². The van der Waals surface area contributed by atoms with E-state index < -0.39 is 25.8 Å². The summed E-state index contributed by atoms with van der Waals surface area (Å²) in [7, 11) is 3.78. The fourth-order valence-electron chi connectivity index (χ4n) is 1.93. The van der Waals surface area contributed by atoms with Gasteiger partial charge in [-0.3, -0.25) is 9.09 Å². The third-order valence-electron chi connectivity index (χ3n) is 3.03. The SMILES string of the molecule is [B][C@@H]1O[C@H](CC)C(OP(=O)(O)CC)[C@@H]1OCCOC. The zero-order valence-electron chi connectivity index (χ0n) is 11.7. The fraction of sp³-hybridized carbons (Fsp3) is 1.00. The Hall–Kier alpha value is 0.0949. The van der Waals surface area contributed by atoms with Gasteiger partial charge in [0.2, 0.25) is 0 Å². The van der Waals surface area contributed by atoms with E-state index in [9.17, 15) is 9.46 Å². The minimum Gasteiger partial charge on any atom is -0.382 e. The molecule has 1 aliphatic rings. The Morgan fingerprint density at radius 3 is 2.53 bits per heavy atom. The van der Waals surface area contributed by atoms with Crippen molar-refractivity contribution in [3.05, 3.63) is 0 Å². The zero-order valence-corrected chi connectivity index (χ0v) is 12.5. The normalized spacial score (nSPS) is 34.3. The number of hydrogen-bond donors (Lipinski definition) is 1. The first kappa shape index (κ1) is 17.1. The minimum absolute atomic E-state index is 0.0416. The van der Waals surface area contributed by atoms with Gasteiger partial charge in [0, 0.05) is 19.3 Å². The molecule has 1 fully saturated rings. The van der Waals surface area contributed by atoms with Gasteiger partial charge in [0.05, 0.1) is 19.3 Å². The van der Waals surface area contributed by atoms with Gasteiger partial charge in [0.15, 0.2) is 0 Å². The number of ether oxygens (including phenoxy) is 3. The van der Waals surface area contributed by atoms with Crippen molar-refractivity contribution in [3.63, 3.8) is 0 Å². The molecule has 0 aromatic carbocycles. The number of hydrogen-bond acceptors (Lipinski definition) is 5. The zero-order chi connectivity index (χ0) is 14.5. The standard InChI is InChI=1S/C11H22BO6P/c1-4-8-9(18-19(13,14)5-2)10(11(12)17-8)16-7-6-15-3/h8-11H,4-7H2,1-3H3,(H,13,14)/t8-,9?,10+,11-/m1/s1. The van der Waals surface area contributed by atoms with E-state index in [-0.39, 0.29) is 12.3 Å². The molecule has 8 heteroatoms. The molecule has 6 nitrogen and oxygen atoms in total. The van der Waals surface area contributed by atoms with Crippen LogP contribution in [0.25, 0.3) is 0 Å². The topological polar surface area (TPSA) is 74.2 Å². The molecular formula is C11H22BO6P. The predicted octanol–water partition coefficient (Wildman–Crippen LogP) is 0.912. The highest BCUT2D eigenvalue weighted by atomic mass is 31.2. The van der Waals surface area contributed by atoms with E-state index in [0.717, 1.165) is 0 Å². The Balaban J connectivity index is 2.70. The number of rotatable bonds is 8. The fourth-order valence-corrected chi connectivity index (χ4v) is 2.72. The Kier molecular flexibility index (Phi) is 7.01. The lowest BCUT2D eigenvalue weighted by atomic mass is 9.92. The first-order valence-corrected chi connectivity index (χ1v) is 8.23. The average Bonchev–Trinajstić information content (AvgIpc) is 2.66. The summed E-state index contributed by atoms with van der Waals surface area (Å²) in [5.74, 6) is 0. The third kappa shape index (κ3) is 4.85. The molecule has 1 rings (SSSR count). The Morgan fingerprint density at radius 2 is 2.00 bits per heavy atom. The third-order valence-corrected chi connectivity index (χ3v) is 4.40. The summed E-state index contributed by atoms with van der Waals surface area (Å²) in [5, 5.41) is 0.